The number of hydrogen-bond donors (Lipinski definition) is 2. The van der Waals surface area contributed by atoms with Crippen LogP contribution in [0.1, 0.15) is 17.3 Å². The van der Waals surface area contributed by atoms with Crippen LogP contribution in [0.25, 0.3) is 0 Å². The SMILES string of the molecule is CCOc1n[nH]c(NC(=O)c2cccc(S(C)(=O)=O)c2)n1. The number of amides is 1. The van der Waals surface area contributed by atoms with Crippen LogP contribution in [-0.4, -0.2) is 42.4 Å². The van der Waals surface area contributed by atoms with E-state index in [9.17, 15) is 13.2 Å². The molecule has 0 radical (unpaired) electrons. The molecule has 1 heterocycles. The van der Waals surface area contributed by atoms with Gasteiger partial charge in [0.1, 0.15) is 0 Å². The molecule has 0 saturated carbocycles. The van der Waals surface area contributed by atoms with Crippen molar-refractivity contribution in [2.75, 3.05) is 18.2 Å². The Bertz CT molecular complexity index is 754. The number of hydrogen-bond acceptors (Lipinski definition) is 6. The van der Waals surface area contributed by atoms with Gasteiger partial charge in [-0.15, -0.1) is 5.10 Å². The number of aromatic amines is 1. The zero-order chi connectivity index (χ0) is 15.5. The molecule has 0 atom stereocenters. The first-order valence-corrected chi connectivity index (χ1v) is 7.96. The summed E-state index contributed by atoms with van der Waals surface area (Å²) < 4.78 is 28.0. The molecule has 1 amide bonds. The minimum absolute atomic E-state index is 0.0720. The van der Waals surface area contributed by atoms with E-state index in [1.54, 1.807) is 6.92 Å². The number of aromatic nitrogens is 3. The van der Waals surface area contributed by atoms with Crippen LogP contribution in [0.5, 0.6) is 6.01 Å². The maximum atomic E-state index is 12.0. The molecule has 9 heteroatoms. The molecule has 2 rings (SSSR count). The zero-order valence-electron chi connectivity index (χ0n) is 11.5. The molecule has 112 valence electrons. The van der Waals surface area contributed by atoms with Crippen molar-refractivity contribution in [2.45, 2.75) is 11.8 Å². The van der Waals surface area contributed by atoms with Gasteiger partial charge in [-0.05, 0) is 25.1 Å². The lowest BCUT2D eigenvalue weighted by atomic mass is 10.2. The van der Waals surface area contributed by atoms with Gasteiger partial charge in [-0.1, -0.05) is 6.07 Å². The van der Waals surface area contributed by atoms with E-state index >= 15 is 0 Å². The summed E-state index contributed by atoms with van der Waals surface area (Å²) in [5, 5.41) is 8.71. The van der Waals surface area contributed by atoms with E-state index in [4.69, 9.17) is 4.74 Å². The van der Waals surface area contributed by atoms with Gasteiger partial charge in [0.25, 0.3) is 5.91 Å². The van der Waals surface area contributed by atoms with Crippen molar-refractivity contribution in [3.63, 3.8) is 0 Å². The van der Waals surface area contributed by atoms with E-state index in [0.717, 1.165) is 6.26 Å². The van der Waals surface area contributed by atoms with Gasteiger partial charge in [-0.25, -0.2) is 13.5 Å². The van der Waals surface area contributed by atoms with E-state index in [2.05, 4.69) is 20.5 Å². The van der Waals surface area contributed by atoms with Gasteiger partial charge in [0.2, 0.25) is 5.95 Å². The highest BCUT2D eigenvalue weighted by atomic mass is 32.2. The first-order valence-electron chi connectivity index (χ1n) is 6.07. The fourth-order valence-corrected chi connectivity index (χ4v) is 2.21. The topological polar surface area (TPSA) is 114 Å². The highest BCUT2D eigenvalue weighted by Gasteiger charge is 2.13. The van der Waals surface area contributed by atoms with Gasteiger partial charge in [0, 0.05) is 11.8 Å². The van der Waals surface area contributed by atoms with Crippen LogP contribution in [0.2, 0.25) is 0 Å². The number of carbonyl (C=O) groups is 1. The number of H-pyrrole nitrogens is 1. The predicted molar refractivity (Wildman–Crippen MR) is 75.1 cm³/mol. The minimum Gasteiger partial charge on any atom is -0.463 e. The lowest BCUT2D eigenvalue weighted by molar-refractivity contribution is 0.102. The molecule has 0 aliphatic heterocycles. The minimum atomic E-state index is -3.37. The van der Waals surface area contributed by atoms with E-state index in [0.29, 0.717) is 6.61 Å². The molecule has 21 heavy (non-hydrogen) atoms. The summed E-state index contributed by atoms with van der Waals surface area (Å²) in [6.45, 7) is 2.19. The largest absolute Gasteiger partial charge is 0.463 e. The van der Waals surface area contributed by atoms with Crippen molar-refractivity contribution in [3.8, 4) is 6.01 Å². The first-order chi connectivity index (χ1) is 9.90. The second kappa shape index (κ2) is 5.92. The Labute approximate surface area is 121 Å². The average Bonchev–Trinajstić information content (AvgIpc) is 2.86. The summed E-state index contributed by atoms with van der Waals surface area (Å²) in [6.07, 6.45) is 1.08. The number of carbonyl (C=O) groups excluding carboxylic acids is 1. The average molecular weight is 310 g/mol. The lowest BCUT2D eigenvalue weighted by Crippen LogP contribution is -2.13. The second-order valence-corrected chi connectivity index (χ2v) is 6.17. The summed E-state index contributed by atoms with van der Waals surface area (Å²) in [5.74, 6) is -0.382. The number of sulfone groups is 1. The highest BCUT2D eigenvalue weighted by Crippen LogP contribution is 2.13. The van der Waals surface area contributed by atoms with E-state index in [1.165, 1.54) is 24.3 Å². The van der Waals surface area contributed by atoms with Crippen LogP contribution >= 0.6 is 0 Å². The predicted octanol–water partition coefficient (Wildman–Crippen LogP) is 0.859. The first kappa shape index (κ1) is 15.0. The van der Waals surface area contributed by atoms with Gasteiger partial charge in [-0.3, -0.25) is 10.1 Å². The fourth-order valence-electron chi connectivity index (χ4n) is 1.54. The third-order valence-corrected chi connectivity index (χ3v) is 3.60. The standard InChI is InChI=1S/C12H14N4O4S/c1-3-20-12-14-11(15-16-12)13-10(17)8-5-4-6-9(7-8)21(2,18)19/h4-7H,3H2,1-2H3,(H2,13,14,15,16,17). The lowest BCUT2D eigenvalue weighted by Gasteiger charge is -2.03. The van der Waals surface area contributed by atoms with Gasteiger partial charge < -0.3 is 4.74 Å². The molecule has 8 nitrogen and oxygen atoms in total. The Balaban J connectivity index is 2.16. The van der Waals surface area contributed by atoms with Crippen LogP contribution in [-0.2, 0) is 9.84 Å². The molecule has 1 aromatic carbocycles. The number of nitrogens with zero attached hydrogens (tertiary/aromatic N) is 2. The molecule has 0 aliphatic carbocycles. The van der Waals surface area contributed by atoms with Crippen molar-refractivity contribution in [1.82, 2.24) is 15.2 Å². The van der Waals surface area contributed by atoms with Crippen molar-refractivity contribution < 1.29 is 17.9 Å². The number of anilines is 1. The van der Waals surface area contributed by atoms with E-state index in [1.807, 2.05) is 0 Å². The van der Waals surface area contributed by atoms with Crippen LogP contribution in [0.4, 0.5) is 5.95 Å². The summed E-state index contributed by atoms with van der Waals surface area (Å²) in [5.41, 5.74) is 0.201. The van der Waals surface area contributed by atoms with Crippen molar-refractivity contribution in [3.05, 3.63) is 29.8 Å². The molecule has 2 aromatic rings. The van der Waals surface area contributed by atoms with Gasteiger partial charge in [-0.2, -0.15) is 4.98 Å². The maximum Gasteiger partial charge on any atom is 0.337 e. The number of nitrogens with one attached hydrogen (secondary N) is 2. The normalized spacial score (nSPS) is 11.1. The van der Waals surface area contributed by atoms with E-state index < -0.39 is 15.7 Å². The molecule has 2 N–H and O–H groups in total. The molecular weight excluding hydrogens is 296 g/mol. The number of rotatable bonds is 5. The Morgan fingerprint density at radius 2 is 2.19 bits per heavy atom. The third-order valence-electron chi connectivity index (χ3n) is 2.49. The van der Waals surface area contributed by atoms with Crippen molar-refractivity contribution >= 4 is 21.7 Å². The Morgan fingerprint density at radius 1 is 1.43 bits per heavy atom. The third kappa shape index (κ3) is 3.78. The van der Waals surface area contributed by atoms with Gasteiger partial charge in [0.05, 0.1) is 11.5 Å². The molecule has 1 aromatic heterocycles. The second-order valence-electron chi connectivity index (χ2n) is 4.15. The van der Waals surface area contributed by atoms with Gasteiger partial charge >= 0.3 is 6.01 Å². The molecule has 0 unspecified atom stereocenters. The molecule has 0 saturated heterocycles. The molecule has 0 spiro atoms. The Kier molecular flexibility index (Phi) is 4.22. The van der Waals surface area contributed by atoms with E-state index in [-0.39, 0.29) is 22.4 Å². The summed E-state index contributed by atoms with van der Waals surface area (Å²) in [6, 6.07) is 5.84. The van der Waals surface area contributed by atoms with Crippen LogP contribution < -0.4 is 10.1 Å². The maximum absolute atomic E-state index is 12.0. The number of ether oxygens (including phenoxy) is 1. The molecule has 0 bridgehead atoms. The molecular formula is C12H14N4O4S. The van der Waals surface area contributed by atoms with Crippen LogP contribution in [0.15, 0.2) is 29.2 Å². The summed E-state index contributed by atoms with van der Waals surface area (Å²) in [4.78, 5) is 16.0. The molecule has 0 fully saturated rings. The fraction of sp³-hybridized carbons (Fsp3) is 0.250. The quantitative estimate of drug-likeness (QED) is 0.846. The summed E-state index contributed by atoms with van der Waals surface area (Å²) >= 11 is 0. The summed E-state index contributed by atoms with van der Waals surface area (Å²) in [7, 11) is -3.37. The monoisotopic (exact) mass is 310 g/mol. The van der Waals surface area contributed by atoms with Crippen molar-refractivity contribution in [1.29, 1.82) is 0 Å². The zero-order valence-corrected chi connectivity index (χ0v) is 12.3. The van der Waals surface area contributed by atoms with Crippen molar-refractivity contribution in [2.24, 2.45) is 0 Å². The van der Waals surface area contributed by atoms with Crippen LogP contribution in [0, 0.1) is 0 Å². The Morgan fingerprint density at radius 3 is 2.86 bits per heavy atom. The van der Waals surface area contributed by atoms with Gasteiger partial charge in [0.15, 0.2) is 9.84 Å². The smallest absolute Gasteiger partial charge is 0.337 e. The Hall–Kier alpha value is -2.42. The number of benzene rings is 1. The van der Waals surface area contributed by atoms with Crippen LogP contribution in [0.3, 0.4) is 0 Å². The molecule has 0 aliphatic rings. The highest BCUT2D eigenvalue weighted by molar-refractivity contribution is 7.90.